The summed E-state index contributed by atoms with van der Waals surface area (Å²) in [5.41, 5.74) is 0.855. The van der Waals surface area contributed by atoms with E-state index in [9.17, 15) is 9.90 Å². The molecule has 1 fully saturated rings. The lowest BCUT2D eigenvalue weighted by molar-refractivity contribution is -0.150. The molecule has 0 saturated heterocycles. The van der Waals surface area contributed by atoms with Crippen molar-refractivity contribution < 1.29 is 14.6 Å². The molecule has 1 aliphatic rings. The van der Waals surface area contributed by atoms with Crippen molar-refractivity contribution in [2.75, 3.05) is 26.2 Å². The molecule has 0 radical (unpaired) electrons. The first-order chi connectivity index (χ1) is 12.2. The standard InChI is InChI=1S/C21H33NO3/c1-3-22(4-2)15-16-25-21(24)19(17-11-7-5-8-12-17)20(23)18-13-9-6-10-14-18/h5,7-8,11-12,18-20,23H,3-4,6,9-10,13-16H2,1-2H3/t19-,20+/m1/s1. The highest BCUT2D eigenvalue weighted by atomic mass is 16.5. The van der Waals surface area contributed by atoms with E-state index >= 15 is 0 Å². The molecule has 0 amide bonds. The molecule has 25 heavy (non-hydrogen) atoms. The van der Waals surface area contributed by atoms with Crippen LogP contribution in [-0.2, 0) is 9.53 Å². The molecule has 0 bridgehead atoms. The van der Waals surface area contributed by atoms with Gasteiger partial charge in [-0.05, 0) is 37.4 Å². The molecule has 0 heterocycles. The Balaban J connectivity index is 2.04. The Bertz CT molecular complexity index is 495. The van der Waals surface area contributed by atoms with E-state index < -0.39 is 12.0 Å². The number of carbonyl (C=O) groups is 1. The van der Waals surface area contributed by atoms with Crippen molar-refractivity contribution in [3.05, 3.63) is 35.9 Å². The van der Waals surface area contributed by atoms with E-state index in [0.29, 0.717) is 6.61 Å². The van der Waals surface area contributed by atoms with E-state index in [0.717, 1.165) is 50.9 Å². The number of aliphatic hydroxyl groups is 1. The van der Waals surface area contributed by atoms with Crippen LogP contribution in [0.3, 0.4) is 0 Å². The molecule has 1 aromatic carbocycles. The Morgan fingerprint density at radius 3 is 2.40 bits per heavy atom. The lowest BCUT2D eigenvalue weighted by Gasteiger charge is -2.31. The Morgan fingerprint density at radius 2 is 1.80 bits per heavy atom. The summed E-state index contributed by atoms with van der Waals surface area (Å²) in [5, 5.41) is 10.9. The van der Waals surface area contributed by atoms with Gasteiger partial charge in [-0.3, -0.25) is 4.79 Å². The molecule has 1 aliphatic carbocycles. The minimum Gasteiger partial charge on any atom is -0.464 e. The van der Waals surface area contributed by atoms with Gasteiger partial charge in [0.15, 0.2) is 0 Å². The van der Waals surface area contributed by atoms with Gasteiger partial charge in [0.2, 0.25) is 0 Å². The molecule has 0 spiro atoms. The molecule has 1 aromatic rings. The molecular weight excluding hydrogens is 314 g/mol. The quantitative estimate of drug-likeness (QED) is 0.694. The number of likely N-dealkylation sites (N-methyl/N-ethyl adjacent to an activating group) is 1. The fourth-order valence-electron chi connectivity index (χ4n) is 3.79. The third-order valence-corrected chi connectivity index (χ3v) is 5.43. The van der Waals surface area contributed by atoms with Crippen molar-refractivity contribution in [3.63, 3.8) is 0 Å². The summed E-state index contributed by atoms with van der Waals surface area (Å²) in [6.07, 6.45) is 4.84. The molecular formula is C21H33NO3. The molecule has 2 rings (SSSR count). The van der Waals surface area contributed by atoms with Gasteiger partial charge in [-0.2, -0.15) is 0 Å². The van der Waals surface area contributed by atoms with E-state index in [2.05, 4.69) is 18.7 Å². The average Bonchev–Trinajstić information content (AvgIpc) is 2.67. The fourth-order valence-corrected chi connectivity index (χ4v) is 3.79. The van der Waals surface area contributed by atoms with E-state index in [1.165, 1.54) is 6.42 Å². The second kappa shape index (κ2) is 10.6. The van der Waals surface area contributed by atoms with Crippen LogP contribution >= 0.6 is 0 Å². The van der Waals surface area contributed by atoms with Crippen LogP contribution in [0, 0.1) is 5.92 Å². The summed E-state index contributed by atoms with van der Waals surface area (Å²) in [6, 6.07) is 9.60. The van der Waals surface area contributed by atoms with Gasteiger partial charge in [0.1, 0.15) is 12.5 Å². The van der Waals surface area contributed by atoms with Crippen LogP contribution in [0.25, 0.3) is 0 Å². The number of hydrogen-bond acceptors (Lipinski definition) is 4. The van der Waals surface area contributed by atoms with Gasteiger partial charge in [0.05, 0.1) is 6.10 Å². The lowest BCUT2D eigenvalue weighted by atomic mass is 9.78. The van der Waals surface area contributed by atoms with Gasteiger partial charge in [0.25, 0.3) is 0 Å². The van der Waals surface area contributed by atoms with Crippen molar-refractivity contribution in [2.24, 2.45) is 5.92 Å². The smallest absolute Gasteiger partial charge is 0.316 e. The highest BCUT2D eigenvalue weighted by Gasteiger charge is 2.35. The Morgan fingerprint density at radius 1 is 1.16 bits per heavy atom. The average molecular weight is 347 g/mol. The number of rotatable bonds is 9. The van der Waals surface area contributed by atoms with Crippen LogP contribution in [-0.4, -0.2) is 48.3 Å². The van der Waals surface area contributed by atoms with Crippen molar-refractivity contribution in [1.82, 2.24) is 4.90 Å². The molecule has 140 valence electrons. The first-order valence-corrected chi connectivity index (χ1v) is 9.79. The number of esters is 1. The second-order valence-corrected chi connectivity index (χ2v) is 6.97. The number of nitrogens with zero attached hydrogens (tertiary/aromatic N) is 1. The molecule has 0 aliphatic heterocycles. The lowest BCUT2D eigenvalue weighted by Crippen LogP contribution is -2.36. The van der Waals surface area contributed by atoms with Crippen LogP contribution in [0.15, 0.2) is 30.3 Å². The minimum absolute atomic E-state index is 0.189. The molecule has 4 heteroatoms. The number of benzene rings is 1. The van der Waals surface area contributed by atoms with Gasteiger partial charge < -0.3 is 14.7 Å². The van der Waals surface area contributed by atoms with Crippen molar-refractivity contribution in [2.45, 2.75) is 58.0 Å². The van der Waals surface area contributed by atoms with Gasteiger partial charge in [-0.25, -0.2) is 0 Å². The molecule has 0 unspecified atom stereocenters. The molecule has 1 N–H and O–H groups in total. The number of carbonyl (C=O) groups excluding carboxylic acids is 1. The van der Waals surface area contributed by atoms with Crippen LogP contribution in [0.2, 0.25) is 0 Å². The summed E-state index contributed by atoms with van der Waals surface area (Å²) in [6.45, 7) is 7.21. The van der Waals surface area contributed by atoms with Crippen LogP contribution in [0.4, 0.5) is 0 Å². The van der Waals surface area contributed by atoms with Crippen molar-refractivity contribution >= 4 is 5.97 Å². The van der Waals surface area contributed by atoms with Crippen LogP contribution in [0.1, 0.15) is 57.4 Å². The third-order valence-electron chi connectivity index (χ3n) is 5.43. The monoisotopic (exact) mass is 347 g/mol. The van der Waals surface area contributed by atoms with E-state index in [1.807, 2.05) is 30.3 Å². The van der Waals surface area contributed by atoms with Gasteiger partial charge in [0, 0.05) is 6.54 Å². The zero-order chi connectivity index (χ0) is 18.1. The van der Waals surface area contributed by atoms with Crippen LogP contribution in [0.5, 0.6) is 0 Å². The predicted molar refractivity (Wildman–Crippen MR) is 101 cm³/mol. The summed E-state index contributed by atoms with van der Waals surface area (Å²) >= 11 is 0. The Labute approximate surface area is 152 Å². The SMILES string of the molecule is CCN(CC)CCOC(=O)[C@H](c1ccccc1)[C@@H](O)C1CCCCC1. The number of ether oxygens (including phenoxy) is 1. The maximum atomic E-state index is 12.8. The number of hydrogen-bond donors (Lipinski definition) is 1. The number of aliphatic hydroxyl groups excluding tert-OH is 1. The summed E-state index contributed by atoms with van der Waals surface area (Å²) in [4.78, 5) is 15.0. The normalized spacial score (nSPS) is 18.1. The first-order valence-electron chi connectivity index (χ1n) is 9.79. The highest BCUT2D eigenvalue weighted by molar-refractivity contribution is 5.79. The zero-order valence-electron chi connectivity index (χ0n) is 15.7. The van der Waals surface area contributed by atoms with Crippen LogP contribution < -0.4 is 0 Å². The molecule has 1 saturated carbocycles. The summed E-state index contributed by atoms with van der Waals surface area (Å²) in [7, 11) is 0. The topological polar surface area (TPSA) is 49.8 Å². The largest absolute Gasteiger partial charge is 0.464 e. The molecule has 2 atom stereocenters. The fraction of sp³-hybridized carbons (Fsp3) is 0.667. The van der Waals surface area contributed by atoms with E-state index in [1.54, 1.807) is 0 Å². The van der Waals surface area contributed by atoms with E-state index in [-0.39, 0.29) is 11.9 Å². The maximum Gasteiger partial charge on any atom is 0.316 e. The summed E-state index contributed by atoms with van der Waals surface area (Å²) < 4.78 is 5.56. The summed E-state index contributed by atoms with van der Waals surface area (Å²) in [5.74, 6) is -0.688. The second-order valence-electron chi connectivity index (χ2n) is 6.97. The van der Waals surface area contributed by atoms with Crippen molar-refractivity contribution in [3.8, 4) is 0 Å². The van der Waals surface area contributed by atoms with E-state index in [4.69, 9.17) is 4.74 Å². The minimum atomic E-state index is -0.663. The first kappa shape index (κ1) is 19.9. The van der Waals surface area contributed by atoms with Gasteiger partial charge in [-0.1, -0.05) is 63.4 Å². The Hall–Kier alpha value is -1.39. The highest BCUT2D eigenvalue weighted by Crippen LogP contribution is 2.34. The molecule has 4 nitrogen and oxygen atoms in total. The van der Waals surface area contributed by atoms with Gasteiger partial charge in [-0.15, -0.1) is 0 Å². The third kappa shape index (κ3) is 5.82. The molecule has 0 aromatic heterocycles. The van der Waals surface area contributed by atoms with Gasteiger partial charge >= 0.3 is 5.97 Å². The Kier molecular flexibility index (Phi) is 8.42. The predicted octanol–water partition coefficient (Wildman–Crippen LogP) is 3.60. The maximum absolute atomic E-state index is 12.8. The van der Waals surface area contributed by atoms with Crippen molar-refractivity contribution in [1.29, 1.82) is 0 Å². The zero-order valence-corrected chi connectivity index (χ0v) is 15.7.